The second kappa shape index (κ2) is 4.35. The van der Waals surface area contributed by atoms with E-state index in [1.165, 1.54) is 6.07 Å². The van der Waals surface area contributed by atoms with E-state index < -0.39 is 0 Å². The van der Waals surface area contributed by atoms with E-state index >= 15 is 0 Å². The van der Waals surface area contributed by atoms with Gasteiger partial charge in [-0.1, -0.05) is 22.0 Å². The number of halogens is 2. The molecule has 3 rings (SSSR count). The fourth-order valence-corrected chi connectivity index (χ4v) is 2.51. The van der Waals surface area contributed by atoms with E-state index in [0.717, 1.165) is 15.5 Å². The summed E-state index contributed by atoms with van der Waals surface area (Å²) in [4.78, 5) is 4.30. The number of nitrogens with two attached hydrogens (primary N) is 1. The van der Waals surface area contributed by atoms with Crippen LogP contribution in [0.4, 0.5) is 10.3 Å². The first-order valence-electron chi connectivity index (χ1n) is 5.77. The van der Waals surface area contributed by atoms with Gasteiger partial charge in [-0.2, -0.15) is 0 Å². The largest absolute Gasteiger partial charge is 0.369 e. The van der Waals surface area contributed by atoms with Gasteiger partial charge in [0.15, 0.2) is 0 Å². The van der Waals surface area contributed by atoms with Crippen molar-refractivity contribution in [1.82, 2.24) is 9.55 Å². The highest BCUT2D eigenvalue weighted by molar-refractivity contribution is 9.10. The molecule has 0 radical (unpaired) electrons. The summed E-state index contributed by atoms with van der Waals surface area (Å²) in [5, 5.41) is 0. The zero-order valence-electron chi connectivity index (χ0n) is 10.2. The summed E-state index contributed by atoms with van der Waals surface area (Å²) in [5.74, 6) is 0.0931. The highest BCUT2D eigenvalue weighted by Crippen LogP contribution is 2.28. The highest BCUT2D eigenvalue weighted by Gasteiger charge is 2.13. The lowest BCUT2D eigenvalue weighted by atomic mass is 10.2. The van der Waals surface area contributed by atoms with Crippen LogP contribution in [0.5, 0.6) is 0 Å². The van der Waals surface area contributed by atoms with Crippen molar-refractivity contribution in [2.24, 2.45) is 0 Å². The molecule has 0 amide bonds. The maximum atomic E-state index is 13.7. The van der Waals surface area contributed by atoms with Crippen molar-refractivity contribution in [2.75, 3.05) is 5.73 Å². The van der Waals surface area contributed by atoms with Crippen molar-refractivity contribution in [3.05, 3.63) is 52.3 Å². The average molecular weight is 320 g/mol. The van der Waals surface area contributed by atoms with E-state index in [4.69, 9.17) is 5.73 Å². The molecule has 0 atom stereocenters. The predicted molar refractivity (Wildman–Crippen MR) is 77.9 cm³/mol. The summed E-state index contributed by atoms with van der Waals surface area (Å²) in [6.45, 7) is 1.73. The minimum Gasteiger partial charge on any atom is -0.369 e. The van der Waals surface area contributed by atoms with Crippen molar-refractivity contribution in [1.29, 1.82) is 0 Å². The van der Waals surface area contributed by atoms with Gasteiger partial charge < -0.3 is 5.73 Å². The Bertz CT molecular complexity index is 780. The van der Waals surface area contributed by atoms with Crippen molar-refractivity contribution >= 4 is 32.9 Å². The van der Waals surface area contributed by atoms with E-state index in [0.29, 0.717) is 17.2 Å². The number of nitrogens with zero attached hydrogens (tertiary/aromatic N) is 2. The van der Waals surface area contributed by atoms with Crippen molar-refractivity contribution < 1.29 is 4.39 Å². The molecule has 0 spiro atoms. The molecule has 2 N–H and O–H groups in total. The number of imidazole rings is 1. The van der Waals surface area contributed by atoms with Gasteiger partial charge in [-0.05, 0) is 37.3 Å². The molecule has 0 bridgehead atoms. The summed E-state index contributed by atoms with van der Waals surface area (Å²) >= 11 is 3.43. The Balaban J connectivity index is 2.39. The molecule has 0 saturated heterocycles. The van der Waals surface area contributed by atoms with Crippen LogP contribution < -0.4 is 5.73 Å². The molecule has 19 heavy (non-hydrogen) atoms. The number of aromatic nitrogens is 2. The Morgan fingerprint density at radius 2 is 2.05 bits per heavy atom. The normalized spacial score (nSPS) is 11.1. The van der Waals surface area contributed by atoms with Crippen LogP contribution in [0.15, 0.2) is 40.9 Å². The fraction of sp³-hybridized carbons (Fsp3) is 0.0714. The summed E-state index contributed by atoms with van der Waals surface area (Å²) in [6.07, 6.45) is 0. The molecule has 0 aliphatic carbocycles. The summed E-state index contributed by atoms with van der Waals surface area (Å²) in [5.41, 5.74) is 8.85. The van der Waals surface area contributed by atoms with E-state index in [9.17, 15) is 4.39 Å². The third-order valence-electron chi connectivity index (χ3n) is 3.12. The zero-order valence-corrected chi connectivity index (χ0v) is 11.8. The van der Waals surface area contributed by atoms with Crippen molar-refractivity contribution in [2.45, 2.75) is 6.92 Å². The molecule has 3 aromatic rings. The van der Waals surface area contributed by atoms with Gasteiger partial charge in [0.2, 0.25) is 5.95 Å². The van der Waals surface area contributed by atoms with Crippen molar-refractivity contribution in [3.63, 3.8) is 0 Å². The highest BCUT2D eigenvalue weighted by atomic mass is 79.9. The Labute approximate surface area is 118 Å². The fourth-order valence-electron chi connectivity index (χ4n) is 2.16. The van der Waals surface area contributed by atoms with Gasteiger partial charge in [0.25, 0.3) is 0 Å². The molecule has 2 aromatic carbocycles. The lowest BCUT2D eigenvalue weighted by Gasteiger charge is -2.10. The predicted octanol–water partition coefficient (Wildman–Crippen LogP) is 3.82. The molecule has 0 fully saturated rings. The number of benzene rings is 2. The average Bonchev–Trinajstić information content (AvgIpc) is 2.69. The molecule has 96 valence electrons. The van der Waals surface area contributed by atoms with E-state index in [1.807, 2.05) is 24.3 Å². The zero-order chi connectivity index (χ0) is 13.6. The van der Waals surface area contributed by atoms with Gasteiger partial charge in [-0.15, -0.1) is 0 Å². The van der Waals surface area contributed by atoms with Gasteiger partial charge in [-0.3, -0.25) is 4.57 Å². The molecule has 3 nitrogen and oxygen atoms in total. The van der Waals surface area contributed by atoms with Gasteiger partial charge in [0, 0.05) is 10.0 Å². The monoisotopic (exact) mass is 319 g/mol. The molecule has 1 heterocycles. The molecule has 0 aliphatic rings. The van der Waals surface area contributed by atoms with Crippen LogP contribution in [-0.2, 0) is 0 Å². The first-order valence-corrected chi connectivity index (χ1v) is 6.56. The third-order valence-corrected chi connectivity index (χ3v) is 3.62. The Morgan fingerprint density at radius 1 is 1.26 bits per heavy atom. The number of nitrogen functional groups attached to an aromatic ring is 1. The quantitative estimate of drug-likeness (QED) is 0.741. The van der Waals surface area contributed by atoms with Gasteiger partial charge in [0.1, 0.15) is 5.82 Å². The Morgan fingerprint density at radius 3 is 2.84 bits per heavy atom. The van der Waals surface area contributed by atoms with Crippen LogP contribution in [0.2, 0.25) is 0 Å². The van der Waals surface area contributed by atoms with Crippen LogP contribution in [-0.4, -0.2) is 9.55 Å². The molecule has 1 aromatic heterocycles. The number of fused-ring (bicyclic) bond motifs is 1. The molecule has 0 aliphatic heterocycles. The van der Waals surface area contributed by atoms with Crippen LogP contribution in [0.25, 0.3) is 16.7 Å². The molecular formula is C14H11BrFN3. The molecular weight excluding hydrogens is 309 g/mol. The number of hydrogen-bond donors (Lipinski definition) is 1. The second-order valence-electron chi connectivity index (χ2n) is 4.32. The van der Waals surface area contributed by atoms with Crippen LogP contribution in [0.3, 0.4) is 0 Å². The maximum absolute atomic E-state index is 13.7. The van der Waals surface area contributed by atoms with Gasteiger partial charge in [-0.25, -0.2) is 9.37 Å². The Kier molecular flexibility index (Phi) is 2.78. The first-order chi connectivity index (χ1) is 9.08. The summed E-state index contributed by atoms with van der Waals surface area (Å²) in [7, 11) is 0. The summed E-state index contributed by atoms with van der Waals surface area (Å²) in [6, 6.07) is 10.6. The lowest BCUT2D eigenvalue weighted by Crippen LogP contribution is -2.03. The topological polar surface area (TPSA) is 43.8 Å². The van der Waals surface area contributed by atoms with E-state index in [1.54, 1.807) is 17.6 Å². The minimum atomic E-state index is -0.256. The van der Waals surface area contributed by atoms with Crippen LogP contribution in [0.1, 0.15) is 5.56 Å². The third kappa shape index (κ3) is 1.90. The molecule has 0 unspecified atom stereocenters. The SMILES string of the molecule is Cc1c(F)cccc1-n1c(N)nc2ccc(Br)cc21. The Hall–Kier alpha value is -1.88. The summed E-state index contributed by atoms with van der Waals surface area (Å²) < 4.78 is 16.4. The van der Waals surface area contributed by atoms with Gasteiger partial charge >= 0.3 is 0 Å². The van der Waals surface area contributed by atoms with E-state index in [2.05, 4.69) is 20.9 Å². The van der Waals surface area contributed by atoms with Gasteiger partial charge in [0.05, 0.1) is 16.7 Å². The van der Waals surface area contributed by atoms with Crippen LogP contribution in [0, 0.1) is 12.7 Å². The smallest absolute Gasteiger partial charge is 0.205 e. The lowest BCUT2D eigenvalue weighted by molar-refractivity contribution is 0.617. The number of hydrogen-bond acceptors (Lipinski definition) is 2. The molecule has 5 heteroatoms. The standard InChI is InChI=1S/C14H11BrFN3/c1-8-10(16)3-2-4-12(8)19-13-7-9(15)5-6-11(13)18-14(19)17/h2-7H,1H3,(H2,17,18). The maximum Gasteiger partial charge on any atom is 0.205 e. The number of rotatable bonds is 1. The first kappa shape index (κ1) is 12.2. The van der Waals surface area contributed by atoms with Crippen molar-refractivity contribution in [3.8, 4) is 5.69 Å². The van der Waals surface area contributed by atoms with Crippen LogP contribution >= 0.6 is 15.9 Å². The number of anilines is 1. The molecule has 0 saturated carbocycles. The van der Waals surface area contributed by atoms with E-state index in [-0.39, 0.29) is 5.82 Å². The second-order valence-corrected chi connectivity index (χ2v) is 5.24. The minimum absolute atomic E-state index is 0.256.